The fourth-order valence-electron chi connectivity index (χ4n) is 0. The Morgan fingerprint density at radius 3 is 0.667 bits per heavy atom. The zero-order valence-electron chi connectivity index (χ0n) is 4.21. The van der Waals surface area contributed by atoms with E-state index in [1.165, 1.54) is 0 Å². The van der Waals surface area contributed by atoms with Crippen molar-refractivity contribution in [3.8, 4) is 0 Å². The molecule has 0 aliphatic rings. The molecule has 0 aliphatic heterocycles. The van der Waals surface area contributed by atoms with Crippen LogP contribution in [-0.2, 0) is 0 Å². The predicted molar refractivity (Wildman–Crippen MR) is 16.9 cm³/mol. The van der Waals surface area contributed by atoms with Crippen molar-refractivity contribution in [2.75, 3.05) is 0 Å². The molecule has 6 heteroatoms. The van der Waals surface area contributed by atoms with Gasteiger partial charge in [0.25, 0.3) is 0 Å². The van der Waals surface area contributed by atoms with Crippen LogP contribution in [-0.4, -0.2) is 8.41 Å². The van der Waals surface area contributed by atoms with Crippen molar-refractivity contribution in [3.05, 3.63) is 0 Å². The van der Waals surface area contributed by atoms with Gasteiger partial charge in [-0.3, -0.25) is 18.8 Å². The van der Waals surface area contributed by atoms with E-state index in [0.717, 1.165) is 0 Å². The van der Waals surface area contributed by atoms with E-state index in [9.17, 15) is 0 Å². The van der Waals surface area contributed by atoms with E-state index in [4.69, 9.17) is 0 Å². The minimum Gasteiger partial charge on any atom is -1.00 e. The zero-order chi connectivity index (χ0) is 0. The van der Waals surface area contributed by atoms with Crippen LogP contribution < -0.4 is 51.4 Å². The second kappa shape index (κ2) is 93.4. The first-order valence-electron chi connectivity index (χ1n) is 0. The van der Waals surface area contributed by atoms with E-state index < -0.39 is 0 Å². The molecule has 0 aliphatic carbocycles. The molecule has 37 valence electrons. The van der Waals surface area contributed by atoms with Gasteiger partial charge in [-0.25, -0.2) is 0 Å². The van der Waals surface area contributed by atoms with Crippen LogP contribution in [0.25, 0.3) is 0 Å². The van der Waals surface area contributed by atoms with Gasteiger partial charge in [0, 0.05) is 8.41 Å². The van der Waals surface area contributed by atoms with Crippen molar-refractivity contribution in [2.45, 2.75) is 0 Å². The van der Waals surface area contributed by atoms with Crippen molar-refractivity contribution in [3.63, 3.8) is 0 Å². The molecule has 0 saturated carbocycles. The van der Waals surface area contributed by atoms with Gasteiger partial charge in [0.2, 0.25) is 0 Å². The van der Waals surface area contributed by atoms with Crippen molar-refractivity contribution < 1.29 is 71.6 Å². The summed E-state index contributed by atoms with van der Waals surface area (Å²) in [7, 11) is 0. The molecule has 0 amide bonds. The third kappa shape index (κ3) is 52.5. The van der Waals surface area contributed by atoms with E-state index in [0.29, 0.717) is 0 Å². The molecule has 0 N–H and O–H groups in total. The third-order valence-corrected chi connectivity index (χ3v) is 0. The van der Waals surface area contributed by atoms with Gasteiger partial charge in [-0.05, 0) is 0 Å². The molecule has 0 rings (SSSR count). The van der Waals surface area contributed by atoms with Crippen LogP contribution in [0.4, 0.5) is 18.8 Å². The molecule has 0 unspecified atom stereocenters. The van der Waals surface area contributed by atoms with Crippen molar-refractivity contribution >= 4 is 8.41 Å². The minimum absolute atomic E-state index is 0. The molecular formula is H5BF4K. The Morgan fingerprint density at radius 1 is 0.667 bits per heavy atom. The molecule has 0 atom stereocenters. The summed E-state index contributed by atoms with van der Waals surface area (Å²) in [6.45, 7) is 0. The summed E-state index contributed by atoms with van der Waals surface area (Å²) < 4.78 is 0. The van der Waals surface area contributed by atoms with Crippen LogP contribution in [0.1, 0.15) is 1.43 Å². The molecule has 0 aromatic rings. The molecule has 0 aromatic heterocycles. The average molecular weight is 131 g/mol. The quantitative estimate of drug-likeness (QED) is 0.249. The van der Waals surface area contributed by atoms with E-state index >= 15 is 0 Å². The first-order chi connectivity index (χ1) is 0. The molecule has 0 saturated heterocycles. The van der Waals surface area contributed by atoms with E-state index in [2.05, 4.69) is 0 Å². The predicted octanol–water partition coefficient (Wildman–Crippen LogP) is -2.65. The summed E-state index contributed by atoms with van der Waals surface area (Å²) in [6.07, 6.45) is 0. The van der Waals surface area contributed by atoms with Gasteiger partial charge >= 0.3 is 51.4 Å². The fourth-order valence-corrected chi connectivity index (χ4v) is 0. The van der Waals surface area contributed by atoms with Crippen molar-refractivity contribution in [1.29, 1.82) is 0 Å². The number of hydrogen-bond donors (Lipinski definition) is 0. The van der Waals surface area contributed by atoms with Crippen LogP contribution in [0, 0.1) is 0 Å². The van der Waals surface area contributed by atoms with Gasteiger partial charge in [0.1, 0.15) is 0 Å². The third-order valence-electron chi connectivity index (χ3n) is 0. The number of rotatable bonds is 0. The number of halogens is 4. The second-order valence-corrected chi connectivity index (χ2v) is 0. The summed E-state index contributed by atoms with van der Waals surface area (Å²) >= 11 is 0. The van der Waals surface area contributed by atoms with Gasteiger partial charge in [-0.1, -0.05) is 0 Å². The molecular weight excluding hydrogens is 126 g/mol. The Hall–Kier alpha value is 1.42. The van der Waals surface area contributed by atoms with Gasteiger partial charge < -0.3 is 1.43 Å². The monoisotopic (exact) mass is 131 g/mol. The van der Waals surface area contributed by atoms with E-state index in [-0.39, 0.29) is 80.0 Å². The Labute approximate surface area is 79.0 Å². The maximum absolute atomic E-state index is 0. The van der Waals surface area contributed by atoms with Gasteiger partial charge in [0.15, 0.2) is 0 Å². The largest absolute Gasteiger partial charge is 1.00 e. The molecule has 0 fully saturated rings. The van der Waals surface area contributed by atoms with Crippen LogP contribution >= 0.6 is 0 Å². The van der Waals surface area contributed by atoms with Crippen molar-refractivity contribution in [2.24, 2.45) is 0 Å². The molecule has 0 bridgehead atoms. The van der Waals surface area contributed by atoms with E-state index in [1.54, 1.807) is 0 Å². The normalized spacial score (nSPS) is 0. The summed E-state index contributed by atoms with van der Waals surface area (Å²) in [5.74, 6) is 0. The standard InChI is InChI=1S/B.4FH.K.H/h;4*1H;;/q;;;;;+1;-1. The van der Waals surface area contributed by atoms with Gasteiger partial charge in [-0.2, -0.15) is 0 Å². The average Bonchev–Trinajstić information content (AvgIpc) is 0. The summed E-state index contributed by atoms with van der Waals surface area (Å²) in [5.41, 5.74) is 0. The summed E-state index contributed by atoms with van der Waals surface area (Å²) in [6, 6.07) is 0. The van der Waals surface area contributed by atoms with Crippen LogP contribution in [0.3, 0.4) is 0 Å². The maximum Gasteiger partial charge on any atom is 1.00 e. The molecule has 0 aromatic carbocycles. The Morgan fingerprint density at radius 2 is 0.667 bits per heavy atom. The maximum atomic E-state index is 0. The van der Waals surface area contributed by atoms with Crippen LogP contribution in [0.15, 0.2) is 0 Å². The Balaban J connectivity index is 0. The smallest absolute Gasteiger partial charge is 1.00 e. The van der Waals surface area contributed by atoms with Crippen LogP contribution in [0.2, 0.25) is 0 Å². The Kier molecular flexibility index (Phi) is 2360. The van der Waals surface area contributed by atoms with Gasteiger partial charge in [0.05, 0.1) is 0 Å². The van der Waals surface area contributed by atoms with Crippen LogP contribution in [0.5, 0.6) is 0 Å². The SMILES string of the molecule is F.F.F.F.[B].[H-].[K+]. The first kappa shape index (κ1) is 151. The molecule has 0 spiro atoms. The fraction of sp³-hybridized carbons (Fsp3) is 0. The first-order valence-corrected chi connectivity index (χ1v) is 0. The topological polar surface area (TPSA) is 0 Å². The number of hydrogen-bond acceptors (Lipinski definition) is 0. The summed E-state index contributed by atoms with van der Waals surface area (Å²) in [5, 5.41) is 0. The molecule has 0 nitrogen and oxygen atoms in total. The molecule has 6 heavy (non-hydrogen) atoms. The molecule has 3 radical (unpaired) electrons. The second-order valence-electron chi connectivity index (χ2n) is 0. The van der Waals surface area contributed by atoms with Crippen molar-refractivity contribution in [1.82, 2.24) is 0 Å². The zero-order valence-corrected chi connectivity index (χ0v) is 6.33. The van der Waals surface area contributed by atoms with Gasteiger partial charge in [-0.15, -0.1) is 0 Å². The molecule has 0 heterocycles. The van der Waals surface area contributed by atoms with E-state index in [1.807, 2.05) is 0 Å². The summed E-state index contributed by atoms with van der Waals surface area (Å²) in [4.78, 5) is 0. The Bertz CT molecular complexity index is 11.7. The minimum atomic E-state index is 0.